The number of halogens is 1. The number of benzene rings is 2. The molecule has 0 aromatic heterocycles. The fourth-order valence-electron chi connectivity index (χ4n) is 5.51. The SMILES string of the molecule is COc1ccc(F)cc1C(=O)CCCN1CC[C@H]2[C@@H](C1)c1cccc3c1N2CCCS3. The average Bonchev–Trinajstić information content (AvgIpc) is 2.94. The Morgan fingerprint density at radius 2 is 2.16 bits per heavy atom. The molecule has 164 valence electrons. The van der Waals surface area contributed by atoms with Crippen LogP contribution in [0, 0.1) is 5.82 Å². The number of methoxy groups -OCH3 is 1. The smallest absolute Gasteiger partial charge is 0.166 e. The number of carbonyl (C=O) groups is 1. The highest BCUT2D eigenvalue weighted by Crippen LogP contribution is 2.50. The van der Waals surface area contributed by atoms with Crippen molar-refractivity contribution in [2.75, 3.05) is 43.9 Å². The molecule has 5 rings (SSSR count). The van der Waals surface area contributed by atoms with Crippen molar-refractivity contribution in [3.8, 4) is 5.75 Å². The fraction of sp³-hybridized carbons (Fsp3) is 0.480. The predicted molar refractivity (Wildman–Crippen MR) is 123 cm³/mol. The number of nitrogens with zero attached hydrogens (tertiary/aromatic N) is 2. The first-order chi connectivity index (χ1) is 15.2. The zero-order valence-corrected chi connectivity index (χ0v) is 18.8. The third kappa shape index (κ3) is 3.96. The molecule has 0 radical (unpaired) electrons. The molecule has 3 aliphatic heterocycles. The highest BCUT2D eigenvalue weighted by atomic mass is 32.2. The Hall–Kier alpha value is -2.05. The third-order valence-corrected chi connectivity index (χ3v) is 8.05. The maximum atomic E-state index is 13.6. The van der Waals surface area contributed by atoms with E-state index in [0.717, 1.165) is 26.1 Å². The van der Waals surface area contributed by atoms with E-state index in [9.17, 15) is 9.18 Å². The van der Waals surface area contributed by atoms with Gasteiger partial charge in [0.05, 0.1) is 18.4 Å². The summed E-state index contributed by atoms with van der Waals surface area (Å²) >= 11 is 2.00. The van der Waals surface area contributed by atoms with E-state index in [1.165, 1.54) is 66.6 Å². The zero-order valence-electron chi connectivity index (χ0n) is 18.0. The van der Waals surface area contributed by atoms with Crippen molar-refractivity contribution in [1.82, 2.24) is 4.90 Å². The maximum Gasteiger partial charge on any atom is 0.166 e. The molecular weight excluding hydrogens is 411 g/mol. The Bertz CT molecular complexity index is 982. The minimum atomic E-state index is -0.402. The molecule has 0 spiro atoms. The highest BCUT2D eigenvalue weighted by molar-refractivity contribution is 7.99. The van der Waals surface area contributed by atoms with Crippen LogP contribution < -0.4 is 9.64 Å². The number of likely N-dealkylation sites (tertiary alicyclic amines) is 1. The lowest BCUT2D eigenvalue weighted by molar-refractivity contribution is 0.0967. The number of hydrogen-bond acceptors (Lipinski definition) is 5. The van der Waals surface area contributed by atoms with Gasteiger partial charge in [-0.25, -0.2) is 4.39 Å². The molecule has 0 bridgehead atoms. The number of ketones is 1. The number of thioether (sulfide) groups is 1. The Morgan fingerprint density at radius 3 is 3.03 bits per heavy atom. The van der Waals surface area contributed by atoms with Crippen LogP contribution in [0.4, 0.5) is 10.1 Å². The van der Waals surface area contributed by atoms with Crippen LogP contribution >= 0.6 is 11.8 Å². The Kier molecular flexibility index (Phi) is 5.93. The van der Waals surface area contributed by atoms with Gasteiger partial charge in [0.15, 0.2) is 5.78 Å². The number of carbonyl (C=O) groups excluding carboxylic acids is 1. The van der Waals surface area contributed by atoms with Gasteiger partial charge in [0.25, 0.3) is 0 Å². The molecule has 1 fully saturated rings. The first-order valence-electron chi connectivity index (χ1n) is 11.3. The van der Waals surface area contributed by atoms with Gasteiger partial charge in [0.1, 0.15) is 11.6 Å². The average molecular weight is 441 g/mol. The summed E-state index contributed by atoms with van der Waals surface area (Å²) in [7, 11) is 1.51. The molecule has 0 aliphatic carbocycles. The van der Waals surface area contributed by atoms with Crippen molar-refractivity contribution in [2.45, 2.75) is 42.5 Å². The van der Waals surface area contributed by atoms with Crippen molar-refractivity contribution in [3.05, 3.63) is 53.3 Å². The first kappa shape index (κ1) is 20.8. The number of ether oxygens (including phenoxy) is 1. The van der Waals surface area contributed by atoms with Gasteiger partial charge < -0.3 is 14.5 Å². The quantitative estimate of drug-likeness (QED) is 0.592. The molecule has 2 aromatic carbocycles. The molecule has 4 nitrogen and oxygen atoms in total. The topological polar surface area (TPSA) is 32.8 Å². The van der Waals surface area contributed by atoms with E-state index in [4.69, 9.17) is 4.74 Å². The molecule has 2 aromatic rings. The Morgan fingerprint density at radius 1 is 1.26 bits per heavy atom. The second-order valence-corrected chi connectivity index (χ2v) is 9.86. The second-order valence-electron chi connectivity index (χ2n) is 8.72. The van der Waals surface area contributed by atoms with Crippen molar-refractivity contribution >= 4 is 23.2 Å². The van der Waals surface area contributed by atoms with Crippen LogP contribution in [0.1, 0.15) is 47.5 Å². The number of para-hydroxylation sites is 1. The fourth-order valence-corrected chi connectivity index (χ4v) is 6.55. The molecular formula is C25H29FN2O2S. The van der Waals surface area contributed by atoms with Crippen LogP contribution in [0.15, 0.2) is 41.3 Å². The summed E-state index contributed by atoms with van der Waals surface area (Å²) in [5.74, 6) is 1.76. The van der Waals surface area contributed by atoms with Crippen molar-refractivity contribution in [2.24, 2.45) is 0 Å². The van der Waals surface area contributed by atoms with Crippen molar-refractivity contribution in [3.63, 3.8) is 0 Å². The summed E-state index contributed by atoms with van der Waals surface area (Å²) in [5.41, 5.74) is 3.36. The molecule has 0 saturated carbocycles. The number of hydrogen-bond donors (Lipinski definition) is 0. The predicted octanol–water partition coefficient (Wildman–Crippen LogP) is 4.97. The Labute approximate surface area is 187 Å². The summed E-state index contributed by atoms with van der Waals surface area (Å²) in [4.78, 5) is 19.3. The van der Waals surface area contributed by atoms with Crippen LogP contribution in [0.2, 0.25) is 0 Å². The zero-order chi connectivity index (χ0) is 21.4. The van der Waals surface area contributed by atoms with Gasteiger partial charge in [-0.3, -0.25) is 4.79 Å². The molecule has 0 N–H and O–H groups in total. The van der Waals surface area contributed by atoms with E-state index >= 15 is 0 Å². The van der Waals surface area contributed by atoms with Gasteiger partial charge in [-0.1, -0.05) is 12.1 Å². The third-order valence-electron chi connectivity index (χ3n) is 6.92. The monoisotopic (exact) mass is 440 g/mol. The maximum absolute atomic E-state index is 13.6. The highest BCUT2D eigenvalue weighted by Gasteiger charge is 2.43. The van der Waals surface area contributed by atoms with E-state index in [2.05, 4.69) is 28.0 Å². The van der Waals surface area contributed by atoms with E-state index in [1.807, 2.05) is 11.8 Å². The minimum absolute atomic E-state index is 0.0487. The number of anilines is 1. The van der Waals surface area contributed by atoms with E-state index in [1.54, 1.807) is 0 Å². The second kappa shape index (κ2) is 8.83. The van der Waals surface area contributed by atoms with Crippen LogP contribution in [0.5, 0.6) is 5.75 Å². The van der Waals surface area contributed by atoms with Gasteiger partial charge in [0, 0.05) is 42.9 Å². The first-order valence-corrected chi connectivity index (χ1v) is 12.3. The van der Waals surface area contributed by atoms with Gasteiger partial charge in [0.2, 0.25) is 0 Å². The lowest BCUT2D eigenvalue weighted by atomic mass is 9.89. The number of fused-ring (bicyclic) bond motifs is 3. The van der Waals surface area contributed by atoms with Crippen LogP contribution in [-0.2, 0) is 0 Å². The van der Waals surface area contributed by atoms with Crippen LogP contribution in [0.3, 0.4) is 0 Å². The summed E-state index contributed by atoms with van der Waals surface area (Å²) < 4.78 is 18.8. The summed E-state index contributed by atoms with van der Waals surface area (Å²) in [6, 6.07) is 11.6. The number of Topliss-reactive ketones (excluding diaryl/α,β-unsaturated/α-hetero) is 1. The molecule has 6 heteroatoms. The van der Waals surface area contributed by atoms with Gasteiger partial charge in [-0.05, 0) is 61.4 Å². The van der Waals surface area contributed by atoms with Crippen LogP contribution in [0.25, 0.3) is 0 Å². The van der Waals surface area contributed by atoms with Crippen LogP contribution in [-0.4, -0.2) is 55.8 Å². The summed E-state index contributed by atoms with van der Waals surface area (Å²) in [5, 5.41) is 0. The standard InChI is InChI=1S/C25H29FN2O2S/c1-30-23-9-8-17(26)15-19(23)22(29)6-3-11-27-13-10-21-20(16-27)18-5-2-7-24-25(18)28(21)12-4-14-31-24/h2,5,7-9,15,20-21H,3-4,6,10-14,16H2,1H3/t20-,21-/m0/s1. The lowest BCUT2D eigenvalue weighted by Gasteiger charge is -2.39. The van der Waals surface area contributed by atoms with Gasteiger partial charge in [-0.2, -0.15) is 0 Å². The van der Waals surface area contributed by atoms with Crippen molar-refractivity contribution in [1.29, 1.82) is 0 Å². The summed E-state index contributed by atoms with van der Waals surface area (Å²) in [6.45, 7) is 4.20. The van der Waals surface area contributed by atoms with Gasteiger partial charge >= 0.3 is 0 Å². The molecule has 31 heavy (non-hydrogen) atoms. The van der Waals surface area contributed by atoms with E-state index in [-0.39, 0.29) is 5.78 Å². The Balaban J connectivity index is 1.22. The molecule has 0 amide bonds. The van der Waals surface area contributed by atoms with E-state index < -0.39 is 5.82 Å². The largest absolute Gasteiger partial charge is 0.496 e. The molecule has 1 saturated heterocycles. The minimum Gasteiger partial charge on any atom is -0.496 e. The molecule has 3 heterocycles. The molecule has 0 unspecified atom stereocenters. The molecule has 2 atom stereocenters. The lowest BCUT2D eigenvalue weighted by Crippen LogP contribution is -2.46. The van der Waals surface area contributed by atoms with Crippen molar-refractivity contribution < 1.29 is 13.9 Å². The van der Waals surface area contributed by atoms with E-state index in [0.29, 0.717) is 29.7 Å². The number of rotatable bonds is 6. The van der Waals surface area contributed by atoms with Gasteiger partial charge in [-0.15, -0.1) is 11.8 Å². The normalized spacial score (nSPS) is 22.6. The summed E-state index contributed by atoms with van der Waals surface area (Å²) in [6.07, 6.45) is 3.61. The molecule has 3 aliphatic rings. The number of piperidine rings is 1.